The summed E-state index contributed by atoms with van der Waals surface area (Å²) in [5.74, 6) is 0.323. The summed E-state index contributed by atoms with van der Waals surface area (Å²) in [4.78, 5) is 25.1. The Bertz CT molecular complexity index is 793. The molecule has 27 heavy (non-hydrogen) atoms. The molecule has 0 aliphatic rings. The van der Waals surface area contributed by atoms with Crippen LogP contribution in [-0.4, -0.2) is 24.5 Å². The van der Waals surface area contributed by atoms with E-state index in [2.05, 4.69) is 10.6 Å². The number of halogens is 1. The third kappa shape index (κ3) is 6.29. The molecule has 0 unspecified atom stereocenters. The number of para-hydroxylation sites is 1. The van der Waals surface area contributed by atoms with Crippen LogP contribution in [0.5, 0.6) is 5.75 Å². The van der Waals surface area contributed by atoms with Crippen molar-refractivity contribution in [3.8, 4) is 5.75 Å². The number of benzene rings is 2. The van der Waals surface area contributed by atoms with E-state index in [1.54, 1.807) is 48.5 Å². The maximum Gasteiger partial charge on any atom is 0.265 e. The first-order valence-corrected chi connectivity index (χ1v) is 9.38. The molecular formula is C21H25ClN2O3. The van der Waals surface area contributed by atoms with Gasteiger partial charge in [-0.2, -0.15) is 0 Å². The number of hydrogen-bond donors (Lipinski definition) is 2. The molecule has 2 aromatic rings. The fourth-order valence-electron chi connectivity index (χ4n) is 2.42. The van der Waals surface area contributed by atoms with Crippen molar-refractivity contribution in [3.63, 3.8) is 0 Å². The van der Waals surface area contributed by atoms with Crippen LogP contribution in [0.4, 0.5) is 5.69 Å². The highest BCUT2D eigenvalue weighted by Gasteiger charge is 2.21. The lowest BCUT2D eigenvalue weighted by atomic mass is 10.1. The van der Waals surface area contributed by atoms with Crippen LogP contribution in [-0.2, 0) is 4.79 Å². The molecule has 0 aliphatic heterocycles. The second kappa shape index (κ2) is 9.97. The molecule has 2 rings (SSSR count). The Hall–Kier alpha value is -2.53. The van der Waals surface area contributed by atoms with Crippen molar-refractivity contribution >= 4 is 29.1 Å². The van der Waals surface area contributed by atoms with Crippen molar-refractivity contribution in [2.75, 3.05) is 11.9 Å². The van der Waals surface area contributed by atoms with Crippen LogP contribution in [0.25, 0.3) is 0 Å². The van der Waals surface area contributed by atoms with E-state index in [4.69, 9.17) is 16.3 Å². The van der Waals surface area contributed by atoms with Crippen LogP contribution >= 0.6 is 11.6 Å². The van der Waals surface area contributed by atoms with Crippen molar-refractivity contribution in [2.45, 2.75) is 33.3 Å². The fraction of sp³-hybridized carbons (Fsp3) is 0.333. The van der Waals surface area contributed by atoms with Gasteiger partial charge in [0, 0.05) is 11.6 Å². The minimum Gasteiger partial charge on any atom is -0.481 e. The molecule has 6 heteroatoms. The lowest BCUT2D eigenvalue weighted by Gasteiger charge is -2.19. The van der Waals surface area contributed by atoms with E-state index in [1.807, 2.05) is 20.8 Å². The molecule has 1 atom stereocenters. The van der Waals surface area contributed by atoms with E-state index in [-0.39, 0.29) is 11.8 Å². The van der Waals surface area contributed by atoms with Gasteiger partial charge in [-0.05, 0) is 42.7 Å². The zero-order valence-corrected chi connectivity index (χ0v) is 16.5. The zero-order chi connectivity index (χ0) is 19.8. The van der Waals surface area contributed by atoms with Crippen LogP contribution < -0.4 is 15.4 Å². The van der Waals surface area contributed by atoms with Gasteiger partial charge in [-0.3, -0.25) is 9.59 Å². The quantitative estimate of drug-likeness (QED) is 0.698. The Morgan fingerprint density at radius 2 is 1.85 bits per heavy atom. The summed E-state index contributed by atoms with van der Waals surface area (Å²) in [6.45, 7) is 6.46. The molecule has 0 spiro atoms. The first-order valence-electron chi connectivity index (χ1n) is 9.01. The second-order valence-electron chi connectivity index (χ2n) is 6.61. The third-order valence-corrected chi connectivity index (χ3v) is 4.07. The lowest BCUT2D eigenvalue weighted by Crippen LogP contribution is -2.34. The maximum atomic E-state index is 12.7. The fourth-order valence-corrected chi connectivity index (χ4v) is 2.60. The number of amides is 2. The van der Waals surface area contributed by atoms with Gasteiger partial charge in [0.15, 0.2) is 6.10 Å². The molecule has 0 bridgehead atoms. The summed E-state index contributed by atoms with van der Waals surface area (Å²) in [5.41, 5.74) is 0.876. The molecule has 2 amide bonds. The van der Waals surface area contributed by atoms with Crippen LogP contribution in [0, 0.1) is 5.92 Å². The van der Waals surface area contributed by atoms with Gasteiger partial charge in [0.2, 0.25) is 0 Å². The molecule has 5 nitrogen and oxygen atoms in total. The number of anilines is 1. The predicted octanol–water partition coefficient (Wildman–Crippen LogP) is 4.52. The number of nitrogens with one attached hydrogen (secondary N) is 2. The van der Waals surface area contributed by atoms with Crippen molar-refractivity contribution in [1.82, 2.24) is 5.32 Å². The Kier molecular flexibility index (Phi) is 7.67. The monoisotopic (exact) mass is 388 g/mol. The highest BCUT2D eigenvalue weighted by molar-refractivity contribution is 6.30. The number of carbonyl (C=O) groups excluding carboxylic acids is 2. The molecule has 0 saturated heterocycles. The van der Waals surface area contributed by atoms with Gasteiger partial charge in [-0.25, -0.2) is 0 Å². The van der Waals surface area contributed by atoms with Crippen LogP contribution in [0.15, 0.2) is 48.5 Å². The van der Waals surface area contributed by atoms with Gasteiger partial charge < -0.3 is 15.4 Å². The van der Waals surface area contributed by atoms with E-state index >= 15 is 0 Å². The van der Waals surface area contributed by atoms with Gasteiger partial charge in [0.25, 0.3) is 11.8 Å². The summed E-state index contributed by atoms with van der Waals surface area (Å²) in [6, 6.07) is 13.8. The van der Waals surface area contributed by atoms with Crippen LogP contribution in [0.1, 0.15) is 37.6 Å². The Balaban J connectivity index is 2.10. The van der Waals surface area contributed by atoms with E-state index in [0.29, 0.717) is 40.9 Å². The molecule has 0 heterocycles. The van der Waals surface area contributed by atoms with Gasteiger partial charge in [-0.15, -0.1) is 0 Å². The topological polar surface area (TPSA) is 67.4 Å². The van der Waals surface area contributed by atoms with Gasteiger partial charge in [0.05, 0.1) is 11.3 Å². The van der Waals surface area contributed by atoms with Crippen LogP contribution in [0.3, 0.4) is 0 Å². The average molecular weight is 389 g/mol. The molecular weight excluding hydrogens is 364 g/mol. The number of hydrogen-bond acceptors (Lipinski definition) is 3. The van der Waals surface area contributed by atoms with Crippen LogP contribution in [0.2, 0.25) is 5.02 Å². The standard InChI is InChI=1S/C21H25ClN2O3/c1-4-19(27-16-9-7-8-15(22)12-16)21(26)24-18-11-6-5-10-17(18)20(25)23-13-14(2)3/h5-12,14,19H,4,13H2,1-3H3,(H,23,25)(H,24,26)/t19-/m0/s1. The molecule has 0 aromatic heterocycles. The maximum absolute atomic E-state index is 12.7. The predicted molar refractivity (Wildman–Crippen MR) is 108 cm³/mol. The Labute approximate surface area is 165 Å². The third-order valence-electron chi connectivity index (χ3n) is 3.84. The molecule has 0 aliphatic carbocycles. The Morgan fingerprint density at radius 1 is 1.11 bits per heavy atom. The van der Waals surface area contributed by atoms with Gasteiger partial charge >= 0.3 is 0 Å². The highest BCUT2D eigenvalue weighted by atomic mass is 35.5. The summed E-state index contributed by atoms with van der Waals surface area (Å²) >= 11 is 5.96. The zero-order valence-electron chi connectivity index (χ0n) is 15.8. The number of carbonyl (C=O) groups is 2. The molecule has 2 N–H and O–H groups in total. The molecule has 2 aromatic carbocycles. The van der Waals surface area contributed by atoms with Gasteiger partial charge in [0.1, 0.15) is 5.75 Å². The molecule has 0 radical (unpaired) electrons. The smallest absolute Gasteiger partial charge is 0.265 e. The van der Waals surface area contributed by atoms with E-state index in [1.165, 1.54) is 0 Å². The van der Waals surface area contributed by atoms with E-state index in [9.17, 15) is 9.59 Å². The van der Waals surface area contributed by atoms with E-state index in [0.717, 1.165) is 0 Å². The first kappa shape index (κ1) is 20.8. The second-order valence-corrected chi connectivity index (χ2v) is 7.05. The molecule has 0 saturated carbocycles. The Morgan fingerprint density at radius 3 is 2.52 bits per heavy atom. The van der Waals surface area contributed by atoms with Crippen molar-refractivity contribution in [1.29, 1.82) is 0 Å². The lowest BCUT2D eigenvalue weighted by molar-refractivity contribution is -0.122. The first-order chi connectivity index (χ1) is 12.9. The summed E-state index contributed by atoms with van der Waals surface area (Å²) in [7, 11) is 0. The van der Waals surface area contributed by atoms with Gasteiger partial charge in [-0.1, -0.05) is 50.6 Å². The van der Waals surface area contributed by atoms with Crippen molar-refractivity contribution < 1.29 is 14.3 Å². The number of ether oxygens (including phenoxy) is 1. The average Bonchev–Trinajstić information content (AvgIpc) is 2.64. The number of rotatable bonds is 8. The molecule has 144 valence electrons. The van der Waals surface area contributed by atoms with E-state index < -0.39 is 6.10 Å². The normalized spacial score (nSPS) is 11.7. The molecule has 0 fully saturated rings. The van der Waals surface area contributed by atoms with Crippen molar-refractivity contribution in [3.05, 3.63) is 59.1 Å². The minimum atomic E-state index is -0.699. The summed E-state index contributed by atoms with van der Waals surface area (Å²) < 4.78 is 5.76. The van der Waals surface area contributed by atoms with Crippen molar-refractivity contribution in [2.24, 2.45) is 5.92 Å². The SMILES string of the molecule is CC[C@H](Oc1cccc(Cl)c1)C(=O)Nc1ccccc1C(=O)NCC(C)C. The summed E-state index contributed by atoms with van der Waals surface area (Å²) in [5, 5.41) is 6.21. The highest BCUT2D eigenvalue weighted by Crippen LogP contribution is 2.21. The minimum absolute atomic E-state index is 0.219. The largest absolute Gasteiger partial charge is 0.481 e. The summed E-state index contributed by atoms with van der Waals surface area (Å²) in [6.07, 6.45) is -0.227.